The molecule has 0 saturated carbocycles. The van der Waals surface area contributed by atoms with Crippen LogP contribution in [0.5, 0.6) is 0 Å². The monoisotopic (exact) mass is 323 g/mol. The fourth-order valence-corrected chi connectivity index (χ4v) is 3.97. The first-order chi connectivity index (χ1) is 11.7. The van der Waals surface area contributed by atoms with Crippen LogP contribution >= 0.6 is 0 Å². The Morgan fingerprint density at radius 2 is 1.58 bits per heavy atom. The third kappa shape index (κ3) is 4.46. The molecule has 1 aliphatic heterocycles. The number of aryl methyl sites for hydroxylation is 1. The first-order valence-electron chi connectivity index (χ1n) is 9.23. The smallest absolute Gasteiger partial charge is 0.0805 e. The molecule has 24 heavy (non-hydrogen) atoms. The van der Waals surface area contributed by atoms with Crippen molar-refractivity contribution in [1.82, 2.24) is 4.90 Å². The number of aliphatic hydroxyl groups excluding tert-OH is 1. The van der Waals surface area contributed by atoms with Gasteiger partial charge in [-0.2, -0.15) is 0 Å². The van der Waals surface area contributed by atoms with Crippen LogP contribution in [0, 0.1) is 0 Å². The normalized spacial score (nSPS) is 23.1. The Morgan fingerprint density at radius 3 is 2.29 bits per heavy atom. The third-order valence-electron chi connectivity index (χ3n) is 5.52. The summed E-state index contributed by atoms with van der Waals surface area (Å²) in [7, 11) is 2.25. The number of aliphatic hydroxyl groups is 1. The second-order valence-electron chi connectivity index (χ2n) is 7.09. The van der Waals surface area contributed by atoms with Gasteiger partial charge in [0.25, 0.3) is 0 Å². The van der Waals surface area contributed by atoms with Crippen LogP contribution in [-0.2, 0) is 6.42 Å². The zero-order valence-electron chi connectivity index (χ0n) is 14.6. The van der Waals surface area contributed by atoms with E-state index in [1.807, 2.05) is 30.3 Å². The third-order valence-corrected chi connectivity index (χ3v) is 5.52. The van der Waals surface area contributed by atoms with E-state index in [1.54, 1.807) is 0 Å². The maximum absolute atomic E-state index is 10.6. The second kappa shape index (κ2) is 8.46. The summed E-state index contributed by atoms with van der Waals surface area (Å²) in [5, 5.41) is 10.6. The summed E-state index contributed by atoms with van der Waals surface area (Å²) in [4.78, 5) is 2.53. The van der Waals surface area contributed by atoms with Gasteiger partial charge in [-0.05, 0) is 50.3 Å². The van der Waals surface area contributed by atoms with Gasteiger partial charge in [-0.1, -0.05) is 67.1 Å². The van der Waals surface area contributed by atoms with E-state index in [9.17, 15) is 5.11 Å². The van der Waals surface area contributed by atoms with Gasteiger partial charge in [0.15, 0.2) is 0 Å². The van der Waals surface area contributed by atoms with Crippen molar-refractivity contribution in [3.05, 3.63) is 71.8 Å². The van der Waals surface area contributed by atoms with Gasteiger partial charge in [0, 0.05) is 12.1 Å². The number of piperidine rings is 1. The van der Waals surface area contributed by atoms with Gasteiger partial charge >= 0.3 is 0 Å². The number of rotatable bonds is 6. The Kier molecular flexibility index (Phi) is 6.06. The number of hydrogen-bond donors (Lipinski definition) is 1. The molecule has 3 atom stereocenters. The van der Waals surface area contributed by atoms with E-state index in [0.717, 1.165) is 18.4 Å². The first kappa shape index (κ1) is 17.2. The molecule has 1 saturated heterocycles. The zero-order chi connectivity index (χ0) is 16.8. The van der Waals surface area contributed by atoms with Crippen molar-refractivity contribution >= 4 is 0 Å². The van der Waals surface area contributed by atoms with Gasteiger partial charge in [0.1, 0.15) is 0 Å². The van der Waals surface area contributed by atoms with E-state index >= 15 is 0 Å². The van der Waals surface area contributed by atoms with Gasteiger partial charge in [0.2, 0.25) is 0 Å². The summed E-state index contributed by atoms with van der Waals surface area (Å²) < 4.78 is 0. The quantitative estimate of drug-likeness (QED) is 0.840. The molecular weight excluding hydrogens is 294 g/mol. The molecule has 0 radical (unpaired) electrons. The lowest BCUT2D eigenvalue weighted by Gasteiger charge is -2.40. The van der Waals surface area contributed by atoms with Crippen molar-refractivity contribution in [3.63, 3.8) is 0 Å². The lowest BCUT2D eigenvalue weighted by atomic mass is 9.88. The summed E-state index contributed by atoms with van der Waals surface area (Å²) in [6.07, 6.45) is 6.58. The first-order valence-corrected chi connectivity index (χ1v) is 9.23. The maximum Gasteiger partial charge on any atom is 0.0805 e. The Morgan fingerprint density at radius 1 is 0.958 bits per heavy atom. The minimum atomic E-state index is -0.355. The maximum atomic E-state index is 10.6. The average Bonchev–Trinajstić information content (AvgIpc) is 2.64. The van der Waals surface area contributed by atoms with Crippen LogP contribution < -0.4 is 0 Å². The van der Waals surface area contributed by atoms with E-state index in [4.69, 9.17) is 0 Å². The predicted octanol–water partition coefficient (Wildman–Crippen LogP) is 4.60. The summed E-state index contributed by atoms with van der Waals surface area (Å²) in [6, 6.07) is 22.0. The Labute approximate surface area is 146 Å². The van der Waals surface area contributed by atoms with Crippen molar-refractivity contribution < 1.29 is 5.11 Å². The van der Waals surface area contributed by atoms with Crippen molar-refractivity contribution in [2.24, 2.45) is 0 Å². The largest absolute Gasteiger partial charge is 0.388 e. The number of nitrogens with zero attached hydrogens (tertiary/aromatic N) is 1. The summed E-state index contributed by atoms with van der Waals surface area (Å²) in [5.41, 5.74) is 2.47. The van der Waals surface area contributed by atoms with Crippen LogP contribution in [0.3, 0.4) is 0 Å². The Bertz CT molecular complexity index is 598. The van der Waals surface area contributed by atoms with Crippen molar-refractivity contribution in [2.45, 2.75) is 56.7 Å². The SMILES string of the molecule is CN1[C@H](CCc2ccccc2)CCC[C@@H]1CC(O)c1ccccc1. The van der Waals surface area contributed by atoms with E-state index in [-0.39, 0.29) is 6.10 Å². The molecule has 1 aliphatic rings. The van der Waals surface area contributed by atoms with Crippen LogP contribution in [0.2, 0.25) is 0 Å². The summed E-state index contributed by atoms with van der Waals surface area (Å²) in [6.45, 7) is 0. The minimum Gasteiger partial charge on any atom is -0.388 e. The van der Waals surface area contributed by atoms with Gasteiger partial charge in [-0.3, -0.25) is 0 Å². The van der Waals surface area contributed by atoms with Crippen molar-refractivity contribution in [2.75, 3.05) is 7.05 Å². The minimum absolute atomic E-state index is 0.355. The number of benzene rings is 2. The molecule has 1 N–H and O–H groups in total. The molecule has 128 valence electrons. The molecule has 0 amide bonds. The topological polar surface area (TPSA) is 23.5 Å². The fourth-order valence-electron chi connectivity index (χ4n) is 3.97. The second-order valence-corrected chi connectivity index (χ2v) is 7.09. The van der Waals surface area contributed by atoms with Crippen molar-refractivity contribution in [1.29, 1.82) is 0 Å². The molecule has 2 heteroatoms. The molecule has 1 fully saturated rings. The van der Waals surface area contributed by atoms with Crippen LogP contribution in [0.4, 0.5) is 0 Å². The van der Waals surface area contributed by atoms with Crippen LogP contribution in [0.25, 0.3) is 0 Å². The molecule has 3 rings (SSSR count). The van der Waals surface area contributed by atoms with E-state index < -0.39 is 0 Å². The van der Waals surface area contributed by atoms with Crippen LogP contribution in [0.1, 0.15) is 49.3 Å². The molecule has 1 heterocycles. The van der Waals surface area contributed by atoms with Crippen molar-refractivity contribution in [3.8, 4) is 0 Å². The Balaban J connectivity index is 1.55. The highest BCUT2D eigenvalue weighted by Gasteiger charge is 2.29. The molecule has 0 bridgehead atoms. The fraction of sp³-hybridized carbons (Fsp3) is 0.455. The molecule has 2 nitrogen and oxygen atoms in total. The highest BCUT2D eigenvalue weighted by atomic mass is 16.3. The molecule has 2 aromatic rings. The van der Waals surface area contributed by atoms with Gasteiger partial charge in [-0.15, -0.1) is 0 Å². The molecule has 0 spiro atoms. The van der Waals surface area contributed by atoms with Crippen LogP contribution in [0.15, 0.2) is 60.7 Å². The molecule has 2 aromatic carbocycles. The van der Waals surface area contributed by atoms with E-state index in [2.05, 4.69) is 42.3 Å². The Hall–Kier alpha value is -1.64. The number of likely N-dealkylation sites (tertiary alicyclic amines) is 1. The van der Waals surface area contributed by atoms with E-state index in [1.165, 1.54) is 31.2 Å². The predicted molar refractivity (Wildman–Crippen MR) is 100.0 cm³/mol. The standard InChI is InChI=1S/C22H29NO/c1-23-20(16-15-18-9-4-2-5-10-18)13-8-14-21(23)17-22(24)19-11-6-3-7-12-19/h2-7,9-12,20-22,24H,8,13-17H2,1H3/t20-,21+,22?/m0/s1. The molecule has 0 aromatic heterocycles. The molecular formula is C22H29NO. The zero-order valence-corrected chi connectivity index (χ0v) is 14.6. The van der Waals surface area contributed by atoms with E-state index in [0.29, 0.717) is 12.1 Å². The van der Waals surface area contributed by atoms with Gasteiger partial charge < -0.3 is 10.0 Å². The lowest BCUT2D eigenvalue weighted by Crippen LogP contribution is -2.44. The number of hydrogen-bond acceptors (Lipinski definition) is 2. The summed E-state index contributed by atoms with van der Waals surface area (Å²) in [5.74, 6) is 0. The molecule has 0 aliphatic carbocycles. The summed E-state index contributed by atoms with van der Waals surface area (Å²) >= 11 is 0. The highest BCUT2D eigenvalue weighted by Crippen LogP contribution is 2.30. The van der Waals surface area contributed by atoms with Gasteiger partial charge in [-0.25, -0.2) is 0 Å². The van der Waals surface area contributed by atoms with Gasteiger partial charge in [0.05, 0.1) is 6.10 Å². The lowest BCUT2D eigenvalue weighted by molar-refractivity contribution is 0.0585. The average molecular weight is 323 g/mol. The molecule has 1 unspecified atom stereocenters. The van der Waals surface area contributed by atoms with Crippen LogP contribution in [-0.4, -0.2) is 29.1 Å². The highest BCUT2D eigenvalue weighted by molar-refractivity contribution is 5.17.